The number of aromatic nitrogens is 2. The Bertz CT molecular complexity index is 424. The quantitative estimate of drug-likeness (QED) is 0.727. The first-order chi connectivity index (χ1) is 8.79. The monoisotopic (exact) mass is 270 g/mol. The second kappa shape index (κ2) is 6.17. The average Bonchev–Trinajstić information content (AvgIpc) is 2.76. The number of carboxylic acid groups (broad SMARTS) is 1. The summed E-state index contributed by atoms with van der Waals surface area (Å²) < 4.78 is 4.52. The summed E-state index contributed by atoms with van der Waals surface area (Å²) in [7, 11) is 0. The number of carboxylic acids is 1. The van der Waals surface area contributed by atoms with Crippen LogP contribution in [-0.4, -0.2) is 33.3 Å². The van der Waals surface area contributed by atoms with Crippen LogP contribution in [0.25, 0.3) is 0 Å². The van der Waals surface area contributed by atoms with Crippen LogP contribution in [0, 0.1) is 5.41 Å². The smallest absolute Gasteiger partial charge is 0.315 e. The van der Waals surface area contributed by atoms with E-state index in [9.17, 15) is 9.59 Å². The minimum absolute atomic E-state index is 0.117. The van der Waals surface area contributed by atoms with E-state index in [0.717, 1.165) is 6.39 Å². The molecular formula is C11H18N4O4. The maximum absolute atomic E-state index is 11.7. The molecule has 0 spiro atoms. The first kappa shape index (κ1) is 14.9. The highest BCUT2D eigenvalue weighted by Crippen LogP contribution is 2.21. The normalized spacial score (nSPS) is 12.8. The molecule has 2 amide bonds. The Morgan fingerprint density at radius 2 is 2.16 bits per heavy atom. The van der Waals surface area contributed by atoms with E-state index < -0.39 is 18.0 Å². The summed E-state index contributed by atoms with van der Waals surface area (Å²) in [6.07, 6.45) is 1.02. The van der Waals surface area contributed by atoms with E-state index in [0.29, 0.717) is 5.82 Å². The van der Waals surface area contributed by atoms with Crippen molar-refractivity contribution < 1.29 is 19.2 Å². The van der Waals surface area contributed by atoms with Crippen molar-refractivity contribution in [3.8, 4) is 0 Å². The zero-order chi connectivity index (χ0) is 14.5. The minimum Gasteiger partial charge on any atom is -0.481 e. The van der Waals surface area contributed by atoms with Crippen LogP contribution in [0.5, 0.6) is 0 Å². The summed E-state index contributed by atoms with van der Waals surface area (Å²) in [5.74, 6) is -0.612. The summed E-state index contributed by atoms with van der Waals surface area (Å²) in [6.45, 7) is 5.70. The van der Waals surface area contributed by atoms with Crippen LogP contribution < -0.4 is 10.6 Å². The third kappa shape index (κ3) is 5.36. The van der Waals surface area contributed by atoms with Gasteiger partial charge in [0.1, 0.15) is 0 Å². The van der Waals surface area contributed by atoms with E-state index in [1.54, 1.807) is 0 Å². The van der Waals surface area contributed by atoms with Gasteiger partial charge in [-0.25, -0.2) is 4.79 Å². The van der Waals surface area contributed by atoms with E-state index in [1.807, 2.05) is 20.8 Å². The molecule has 8 heteroatoms. The lowest BCUT2D eigenvalue weighted by Gasteiger charge is -2.30. The van der Waals surface area contributed by atoms with Crippen molar-refractivity contribution in [2.75, 3.05) is 0 Å². The maximum atomic E-state index is 11.7. The van der Waals surface area contributed by atoms with Crippen molar-refractivity contribution in [1.29, 1.82) is 0 Å². The van der Waals surface area contributed by atoms with Crippen molar-refractivity contribution in [2.45, 2.75) is 39.8 Å². The zero-order valence-corrected chi connectivity index (χ0v) is 11.1. The summed E-state index contributed by atoms with van der Waals surface area (Å²) in [6, 6.07) is -0.943. The summed E-state index contributed by atoms with van der Waals surface area (Å²) in [5.41, 5.74) is -0.359. The molecule has 0 saturated carbocycles. The van der Waals surface area contributed by atoms with Crippen LogP contribution in [0.3, 0.4) is 0 Å². The van der Waals surface area contributed by atoms with E-state index in [-0.39, 0.29) is 18.4 Å². The number of nitrogens with zero attached hydrogens (tertiary/aromatic N) is 2. The van der Waals surface area contributed by atoms with Gasteiger partial charge in [-0.05, 0) is 5.41 Å². The fourth-order valence-corrected chi connectivity index (χ4v) is 1.39. The summed E-state index contributed by atoms with van der Waals surface area (Å²) in [4.78, 5) is 26.2. The van der Waals surface area contributed by atoms with Crippen LogP contribution in [0.2, 0.25) is 0 Å². The Hall–Kier alpha value is -2.12. The molecule has 3 N–H and O–H groups in total. The van der Waals surface area contributed by atoms with E-state index in [1.165, 1.54) is 0 Å². The summed E-state index contributed by atoms with van der Waals surface area (Å²) >= 11 is 0. The van der Waals surface area contributed by atoms with Crippen LogP contribution in [0.1, 0.15) is 33.0 Å². The summed E-state index contributed by atoms with van der Waals surface area (Å²) in [5, 5.41) is 17.5. The van der Waals surface area contributed by atoms with Gasteiger partial charge in [-0.2, -0.15) is 4.98 Å². The Balaban J connectivity index is 2.49. The van der Waals surface area contributed by atoms with Gasteiger partial charge in [-0.1, -0.05) is 25.9 Å². The number of aliphatic carboxylic acids is 1. The molecule has 0 aromatic carbocycles. The Kier molecular flexibility index (Phi) is 4.85. The highest BCUT2D eigenvalue weighted by molar-refractivity contribution is 5.75. The topological polar surface area (TPSA) is 117 Å². The predicted molar refractivity (Wildman–Crippen MR) is 65.2 cm³/mol. The Labute approximate surface area is 110 Å². The number of urea groups is 1. The lowest BCUT2D eigenvalue weighted by atomic mass is 9.85. The number of rotatable bonds is 5. The molecule has 1 aromatic heterocycles. The molecule has 0 aliphatic heterocycles. The van der Waals surface area contributed by atoms with Gasteiger partial charge >= 0.3 is 12.0 Å². The molecule has 0 saturated heterocycles. The maximum Gasteiger partial charge on any atom is 0.315 e. The molecule has 1 aromatic rings. The van der Waals surface area contributed by atoms with Gasteiger partial charge in [0.05, 0.1) is 13.0 Å². The average molecular weight is 270 g/mol. The van der Waals surface area contributed by atoms with Gasteiger partial charge in [-0.15, -0.1) is 0 Å². The molecule has 106 valence electrons. The Morgan fingerprint density at radius 1 is 1.47 bits per heavy atom. The number of carbonyl (C=O) groups excluding carboxylic acids is 1. The first-order valence-corrected chi connectivity index (χ1v) is 5.80. The fraction of sp³-hybridized carbons (Fsp3) is 0.636. The molecule has 1 atom stereocenters. The highest BCUT2D eigenvalue weighted by Gasteiger charge is 2.28. The third-order valence-electron chi connectivity index (χ3n) is 2.54. The molecule has 0 radical (unpaired) electrons. The van der Waals surface area contributed by atoms with Crippen LogP contribution >= 0.6 is 0 Å². The molecule has 1 rings (SSSR count). The molecule has 1 heterocycles. The molecule has 0 fully saturated rings. The van der Waals surface area contributed by atoms with Gasteiger partial charge in [0.25, 0.3) is 0 Å². The van der Waals surface area contributed by atoms with Crippen molar-refractivity contribution in [2.24, 2.45) is 5.41 Å². The van der Waals surface area contributed by atoms with E-state index in [4.69, 9.17) is 5.11 Å². The van der Waals surface area contributed by atoms with Gasteiger partial charge < -0.3 is 20.3 Å². The zero-order valence-electron chi connectivity index (χ0n) is 11.1. The fourth-order valence-electron chi connectivity index (χ4n) is 1.39. The highest BCUT2D eigenvalue weighted by atomic mass is 16.5. The van der Waals surface area contributed by atoms with Crippen LogP contribution in [-0.2, 0) is 11.3 Å². The number of nitrogens with one attached hydrogen (secondary N) is 2. The number of amides is 2. The minimum atomic E-state index is -0.960. The van der Waals surface area contributed by atoms with Crippen molar-refractivity contribution in [1.82, 2.24) is 20.8 Å². The van der Waals surface area contributed by atoms with Gasteiger partial charge in [0.2, 0.25) is 6.39 Å². The second-order valence-electron chi connectivity index (χ2n) is 5.19. The molecule has 0 aliphatic rings. The van der Waals surface area contributed by atoms with Crippen LogP contribution in [0.15, 0.2) is 10.9 Å². The SMILES string of the molecule is CC(C)(C)C(CC(=O)O)NC(=O)NCc1ncon1. The number of hydrogen-bond acceptors (Lipinski definition) is 5. The standard InChI is InChI=1S/C11H18N4O4/c1-11(2,3)7(4-9(16)17)14-10(18)12-5-8-13-6-19-15-8/h6-7H,4-5H2,1-3H3,(H,16,17)(H2,12,14,18). The molecule has 8 nitrogen and oxygen atoms in total. The largest absolute Gasteiger partial charge is 0.481 e. The number of hydrogen-bond donors (Lipinski definition) is 3. The lowest BCUT2D eigenvalue weighted by Crippen LogP contribution is -2.48. The molecular weight excluding hydrogens is 252 g/mol. The van der Waals surface area contributed by atoms with E-state index >= 15 is 0 Å². The third-order valence-corrected chi connectivity index (χ3v) is 2.54. The van der Waals surface area contributed by atoms with Gasteiger partial charge in [-0.3, -0.25) is 4.79 Å². The van der Waals surface area contributed by atoms with Gasteiger partial charge in [0, 0.05) is 6.04 Å². The van der Waals surface area contributed by atoms with Gasteiger partial charge in [0.15, 0.2) is 5.82 Å². The molecule has 1 unspecified atom stereocenters. The number of carbonyl (C=O) groups is 2. The first-order valence-electron chi connectivity index (χ1n) is 5.80. The second-order valence-corrected chi connectivity index (χ2v) is 5.19. The van der Waals surface area contributed by atoms with Crippen molar-refractivity contribution in [3.05, 3.63) is 12.2 Å². The molecule has 19 heavy (non-hydrogen) atoms. The molecule has 0 bridgehead atoms. The molecule has 0 aliphatic carbocycles. The van der Waals surface area contributed by atoms with E-state index in [2.05, 4.69) is 25.3 Å². The van der Waals surface area contributed by atoms with Crippen LogP contribution in [0.4, 0.5) is 4.79 Å². The lowest BCUT2D eigenvalue weighted by molar-refractivity contribution is -0.138. The predicted octanol–water partition coefficient (Wildman–Crippen LogP) is 0.758. The van der Waals surface area contributed by atoms with Crippen molar-refractivity contribution in [3.63, 3.8) is 0 Å². The van der Waals surface area contributed by atoms with Crippen molar-refractivity contribution >= 4 is 12.0 Å². The Morgan fingerprint density at radius 3 is 2.63 bits per heavy atom.